The summed E-state index contributed by atoms with van der Waals surface area (Å²) in [6, 6.07) is 5.17. The summed E-state index contributed by atoms with van der Waals surface area (Å²) in [7, 11) is 3.06. The normalized spacial score (nSPS) is 19.8. The molecule has 4 rings (SSSR count). The van der Waals surface area contributed by atoms with Crippen LogP contribution in [0.15, 0.2) is 34.9 Å². The molecule has 2 atom stereocenters. The second-order valence-corrected chi connectivity index (χ2v) is 7.48. The minimum Gasteiger partial charge on any atom is -0.493 e. The molecule has 168 valence electrons. The second-order valence-electron chi connectivity index (χ2n) is 7.48. The van der Waals surface area contributed by atoms with Crippen LogP contribution < -0.4 is 9.47 Å². The molecule has 2 amide bonds. The number of nitrogens with zero attached hydrogens (tertiary/aromatic N) is 3. The number of benzene rings is 1. The lowest BCUT2D eigenvalue weighted by atomic mass is 9.85. The summed E-state index contributed by atoms with van der Waals surface area (Å²) in [5.41, 5.74) is 0.644. The number of imide groups is 1. The van der Waals surface area contributed by atoms with E-state index >= 15 is 0 Å². The summed E-state index contributed by atoms with van der Waals surface area (Å²) in [6.07, 6.45) is 4.88. The molecule has 2 heterocycles. The van der Waals surface area contributed by atoms with Gasteiger partial charge in [-0.25, -0.2) is 0 Å². The average Bonchev–Trinajstić information content (AvgIpc) is 3.39. The summed E-state index contributed by atoms with van der Waals surface area (Å²) in [4.78, 5) is 42.4. The van der Waals surface area contributed by atoms with Gasteiger partial charge in [0.1, 0.15) is 0 Å². The first-order valence-electron chi connectivity index (χ1n) is 10.2. The van der Waals surface area contributed by atoms with Crippen LogP contribution in [0.3, 0.4) is 0 Å². The standard InChI is InChI=1S/C22H23N3O7/c1-29-16-8-7-13(11-17(16)30-2)20-23-18(32-24-20)12-31-19(26)9-10-25-21(27)14-5-3-4-6-15(14)22(25)28/h3-4,7-8,11,14-15H,5-6,9-10,12H2,1-2H3/t14-,15+. The lowest BCUT2D eigenvalue weighted by Gasteiger charge is -2.14. The number of ether oxygens (including phenoxy) is 3. The van der Waals surface area contributed by atoms with Crippen LogP contribution in [-0.4, -0.2) is 53.6 Å². The molecule has 1 aliphatic carbocycles. The first-order chi connectivity index (χ1) is 15.5. The van der Waals surface area contributed by atoms with Crippen LogP contribution in [-0.2, 0) is 25.7 Å². The van der Waals surface area contributed by atoms with Gasteiger partial charge in [-0.2, -0.15) is 4.98 Å². The number of methoxy groups -OCH3 is 2. The van der Waals surface area contributed by atoms with Gasteiger partial charge in [0.25, 0.3) is 5.89 Å². The van der Waals surface area contributed by atoms with Crippen molar-refractivity contribution in [3.05, 3.63) is 36.2 Å². The molecule has 1 saturated heterocycles. The largest absolute Gasteiger partial charge is 0.493 e. The highest BCUT2D eigenvalue weighted by Crippen LogP contribution is 2.35. The molecule has 10 heteroatoms. The number of aromatic nitrogens is 2. The van der Waals surface area contributed by atoms with Gasteiger partial charge in [-0.15, -0.1) is 0 Å². The van der Waals surface area contributed by atoms with E-state index in [2.05, 4.69) is 10.1 Å². The van der Waals surface area contributed by atoms with Gasteiger partial charge in [-0.3, -0.25) is 19.3 Å². The quantitative estimate of drug-likeness (QED) is 0.344. The van der Waals surface area contributed by atoms with Crippen LogP contribution >= 0.6 is 0 Å². The third-order valence-electron chi connectivity index (χ3n) is 5.60. The number of carbonyl (C=O) groups excluding carboxylic acids is 3. The summed E-state index contributed by atoms with van der Waals surface area (Å²) in [5, 5.41) is 3.89. The van der Waals surface area contributed by atoms with E-state index in [0.717, 1.165) is 0 Å². The van der Waals surface area contributed by atoms with Crippen LogP contribution in [0, 0.1) is 11.8 Å². The number of hydrogen-bond acceptors (Lipinski definition) is 9. The van der Waals surface area contributed by atoms with Gasteiger partial charge in [0.15, 0.2) is 18.1 Å². The Hall–Kier alpha value is -3.69. The molecule has 2 aromatic rings. The Morgan fingerprint density at radius 2 is 1.78 bits per heavy atom. The number of esters is 1. The van der Waals surface area contributed by atoms with Gasteiger partial charge >= 0.3 is 5.97 Å². The van der Waals surface area contributed by atoms with Crippen molar-refractivity contribution in [1.82, 2.24) is 15.0 Å². The summed E-state index contributed by atoms with van der Waals surface area (Å²) in [6.45, 7) is -0.208. The molecule has 0 N–H and O–H groups in total. The van der Waals surface area contributed by atoms with Crippen molar-refractivity contribution in [3.63, 3.8) is 0 Å². The number of hydrogen-bond donors (Lipinski definition) is 0. The molecule has 1 aromatic heterocycles. The van der Waals surface area contributed by atoms with E-state index in [1.165, 1.54) is 19.1 Å². The van der Waals surface area contributed by atoms with Gasteiger partial charge in [0.05, 0.1) is 32.5 Å². The molecular weight excluding hydrogens is 418 g/mol. The van der Waals surface area contributed by atoms with Gasteiger partial charge in [0.2, 0.25) is 17.6 Å². The van der Waals surface area contributed by atoms with E-state index in [1.807, 2.05) is 12.2 Å². The van der Waals surface area contributed by atoms with Crippen molar-refractivity contribution >= 4 is 17.8 Å². The maximum atomic E-state index is 12.4. The number of carbonyl (C=O) groups is 3. The van der Waals surface area contributed by atoms with Crippen molar-refractivity contribution in [2.75, 3.05) is 20.8 Å². The first-order valence-corrected chi connectivity index (χ1v) is 10.2. The summed E-state index contributed by atoms with van der Waals surface area (Å²) in [5.74, 6) is -0.0978. The summed E-state index contributed by atoms with van der Waals surface area (Å²) < 4.78 is 20.8. The molecule has 32 heavy (non-hydrogen) atoms. The van der Waals surface area contributed by atoms with E-state index in [-0.39, 0.29) is 49.1 Å². The molecule has 1 aliphatic heterocycles. The van der Waals surface area contributed by atoms with Crippen molar-refractivity contribution in [1.29, 1.82) is 0 Å². The highest BCUT2D eigenvalue weighted by Gasteiger charge is 2.46. The van der Waals surface area contributed by atoms with E-state index in [9.17, 15) is 14.4 Å². The molecular formula is C22H23N3O7. The van der Waals surface area contributed by atoms with E-state index in [1.54, 1.807) is 18.2 Å². The van der Waals surface area contributed by atoms with Gasteiger partial charge < -0.3 is 18.7 Å². The lowest BCUT2D eigenvalue weighted by molar-refractivity contribution is -0.147. The first kappa shape index (κ1) is 21.5. The Labute approximate surface area is 184 Å². The third-order valence-corrected chi connectivity index (χ3v) is 5.60. The Balaban J connectivity index is 1.29. The molecule has 0 unspecified atom stereocenters. The Bertz CT molecular complexity index is 1040. The monoisotopic (exact) mass is 441 g/mol. The molecule has 10 nitrogen and oxygen atoms in total. The van der Waals surface area contributed by atoms with E-state index in [4.69, 9.17) is 18.7 Å². The van der Waals surface area contributed by atoms with Crippen LogP contribution in [0.5, 0.6) is 11.5 Å². The highest BCUT2D eigenvalue weighted by molar-refractivity contribution is 6.05. The van der Waals surface area contributed by atoms with Crippen molar-refractivity contribution in [2.24, 2.45) is 11.8 Å². The maximum Gasteiger partial charge on any atom is 0.308 e. The number of likely N-dealkylation sites (tertiary alicyclic amines) is 1. The molecule has 0 spiro atoms. The van der Waals surface area contributed by atoms with Crippen molar-refractivity contribution < 1.29 is 33.1 Å². The third kappa shape index (κ3) is 4.20. The predicted octanol–water partition coefficient (Wildman–Crippen LogP) is 2.14. The lowest BCUT2D eigenvalue weighted by Crippen LogP contribution is -2.33. The molecule has 2 aliphatic rings. The van der Waals surface area contributed by atoms with Crippen LogP contribution in [0.2, 0.25) is 0 Å². The van der Waals surface area contributed by atoms with Crippen molar-refractivity contribution in [2.45, 2.75) is 25.9 Å². The Kier molecular flexibility index (Phi) is 6.20. The predicted molar refractivity (Wildman–Crippen MR) is 109 cm³/mol. The zero-order valence-electron chi connectivity index (χ0n) is 17.8. The fourth-order valence-corrected chi connectivity index (χ4v) is 3.91. The van der Waals surface area contributed by atoms with Gasteiger partial charge in [0, 0.05) is 12.1 Å². The number of amides is 2. The number of fused-ring (bicyclic) bond motifs is 1. The zero-order valence-corrected chi connectivity index (χ0v) is 17.8. The second kappa shape index (κ2) is 9.21. The van der Waals surface area contributed by atoms with Crippen LogP contribution in [0.4, 0.5) is 0 Å². The van der Waals surface area contributed by atoms with Crippen LogP contribution in [0.25, 0.3) is 11.4 Å². The van der Waals surface area contributed by atoms with Crippen molar-refractivity contribution in [3.8, 4) is 22.9 Å². The average molecular weight is 441 g/mol. The highest BCUT2D eigenvalue weighted by atomic mass is 16.6. The smallest absolute Gasteiger partial charge is 0.308 e. The fraction of sp³-hybridized carbons (Fsp3) is 0.409. The molecule has 0 saturated carbocycles. The minimum atomic E-state index is -0.565. The molecule has 1 aromatic carbocycles. The number of allylic oxidation sites excluding steroid dienone is 2. The molecule has 1 fully saturated rings. The fourth-order valence-electron chi connectivity index (χ4n) is 3.91. The SMILES string of the molecule is COc1ccc(-c2noc(COC(=O)CCN3C(=O)[C@H]4CC=CC[C@H]4C3=O)n2)cc1OC. The number of rotatable bonds is 8. The van der Waals surface area contributed by atoms with Gasteiger partial charge in [-0.1, -0.05) is 17.3 Å². The maximum absolute atomic E-state index is 12.4. The zero-order chi connectivity index (χ0) is 22.7. The molecule has 0 bridgehead atoms. The Morgan fingerprint density at radius 1 is 1.09 bits per heavy atom. The topological polar surface area (TPSA) is 121 Å². The van der Waals surface area contributed by atoms with Crippen LogP contribution in [0.1, 0.15) is 25.2 Å². The van der Waals surface area contributed by atoms with E-state index < -0.39 is 5.97 Å². The Morgan fingerprint density at radius 3 is 2.44 bits per heavy atom. The van der Waals surface area contributed by atoms with E-state index in [0.29, 0.717) is 35.7 Å². The minimum absolute atomic E-state index is 0.00419. The van der Waals surface area contributed by atoms with Gasteiger partial charge in [-0.05, 0) is 31.0 Å². The summed E-state index contributed by atoms with van der Waals surface area (Å²) >= 11 is 0. The molecule has 0 radical (unpaired) electrons.